The van der Waals surface area contributed by atoms with Gasteiger partial charge in [0, 0.05) is 5.56 Å². The number of rotatable bonds is 2. The minimum absolute atomic E-state index is 0.674. The zero-order valence-electron chi connectivity index (χ0n) is 7.39. The first-order valence-electron chi connectivity index (χ1n) is 4.21. The molecule has 0 spiro atoms. The van der Waals surface area contributed by atoms with E-state index in [1.54, 1.807) is 0 Å². The van der Waals surface area contributed by atoms with E-state index < -0.39 is 0 Å². The van der Waals surface area contributed by atoms with Gasteiger partial charge in [-0.25, -0.2) is 0 Å². The van der Waals surface area contributed by atoms with Gasteiger partial charge in [0.25, 0.3) is 0 Å². The summed E-state index contributed by atoms with van der Waals surface area (Å²) < 4.78 is 0. The molecule has 0 amide bonds. The molecule has 0 aliphatic carbocycles. The molecule has 0 unspecified atom stereocenters. The van der Waals surface area contributed by atoms with E-state index in [-0.39, 0.29) is 0 Å². The highest BCUT2D eigenvalue weighted by Gasteiger charge is 1.95. The van der Waals surface area contributed by atoms with Crippen LogP contribution in [0.5, 0.6) is 0 Å². The lowest BCUT2D eigenvalue weighted by atomic mass is 10.1. The topological polar surface area (TPSA) is 26.0 Å². The first kappa shape index (κ1) is 10.3. The molecule has 1 aromatic carbocycles. The summed E-state index contributed by atoms with van der Waals surface area (Å²) in [5.74, 6) is 6.08. The third-order valence-electron chi connectivity index (χ3n) is 1.72. The minimum Gasteiger partial charge on any atom is -0.330 e. The second-order valence-corrected chi connectivity index (χ2v) is 3.19. The molecule has 0 atom stereocenters. The highest BCUT2D eigenvalue weighted by atomic mass is 79.9. The van der Waals surface area contributed by atoms with Crippen molar-refractivity contribution in [3.05, 3.63) is 35.4 Å². The first-order chi connectivity index (χ1) is 6.38. The molecule has 2 heteroatoms. The van der Waals surface area contributed by atoms with E-state index >= 15 is 0 Å². The molecule has 0 fully saturated rings. The van der Waals surface area contributed by atoms with Crippen LogP contribution in [-0.2, 0) is 6.42 Å². The normalized spacial score (nSPS) is 9.08. The predicted octanol–water partition coefficient (Wildman–Crippen LogP) is 1.93. The van der Waals surface area contributed by atoms with E-state index in [1.165, 1.54) is 5.56 Å². The Morgan fingerprint density at radius 1 is 1.31 bits per heavy atom. The molecule has 0 saturated heterocycles. The predicted molar refractivity (Wildman–Crippen MR) is 59.9 cm³/mol. The largest absolute Gasteiger partial charge is 0.330 e. The van der Waals surface area contributed by atoms with Gasteiger partial charge in [0.15, 0.2) is 0 Å². The summed E-state index contributed by atoms with van der Waals surface area (Å²) in [5, 5.41) is 0.712. The average Bonchev–Trinajstić information content (AvgIpc) is 2.17. The van der Waals surface area contributed by atoms with Crippen LogP contribution >= 0.6 is 15.9 Å². The zero-order chi connectivity index (χ0) is 9.52. The monoisotopic (exact) mass is 237 g/mol. The van der Waals surface area contributed by atoms with Crippen molar-refractivity contribution in [2.75, 3.05) is 11.9 Å². The van der Waals surface area contributed by atoms with Crippen LogP contribution in [0.1, 0.15) is 11.1 Å². The van der Waals surface area contributed by atoms with Crippen LogP contribution < -0.4 is 5.73 Å². The molecule has 13 heavy (non-hydrogen) atoms. The number of halogens is 1. The van der Waals surface area contributed by atoms with Gasteiger partial charge in [-0.3, -0.25) is 0 Å². The molecule has 0 saturated carbocycles. The molecule has 0 aliphatic rings. The minimum atomic E-state index is 0.674. The van der Waals surface area contributed by atoms with E-state index in [0.29, 0.717) is 11.9 Å². The van der Waals surface area contributed by atoms with Crippen LogP contribution in [0, 0.1) is 11.8 Å². The molecule has 1 rings (SSSR count). The zero-order valence-corrected chi connectivity index (χ0v) is 8.97. The van der Waals surface area contributed by atoms with Crippen LogP contribution in [0.15, 0.2) is 24.3 Å². The van der Waals surface area contributed by atoms with Crippen molar-refractivity contribution in [2.45, 2.75) is 6.42 Å². The quantitative estimate of drug-likeness (QED) is 0.618. The van der Waals surface area contributed by atoms with Crippen molar-refractivity contribution < 1.29 is 0 Å². The molecule has 0 heterocycles. The fraction of sp³-hybridized carbons (Fsp3) is 0.273. The molecular weight excluding hydrogens is 226 g/mol. The van der Waals surface area contributed by atoms with Crippen molar-refractivity contribution in [1.82, 2.24) is 0 Å². The maximum Gasteiger partial charge on any atom is 0.0649 e. The van der Waals surface area contributed by atoms with Gasteiger partial charge in [-0.1, -0.05) is 46.0 Å². The average molecular weight is 238 g/mol. The maximum atomic E-state index is 5.50. The molecule has 0 radical (unpaired) electrons. The van der Waals surface area contributed by atoms with Gasteiger partial charge >= 0.3 is 0 Å². The van der Waals surface area contributed by atoms with Crippen molar-refractivity contribution in [1.29, 1.82) is 0 Å². The first-order valence-corrected chi connectivity index (χ1v) is 5.33. The molecule has 0 bridgehead atoms. The van der Waals surface area contributed by atoms with Crippen molar-refractivity contribution in [3.63, 3.8) is 0 Å². The van der Waals surface area contributed by atoms with Gasteiger partial charge in [-0.05, 0) is 24.6 Å². The fourth-order valence-electron chi connectivity index (χ4n) is 1.14. The number of benzene rings is 1. The molecule has 1 aromatic rings. The van der Waals surface area contributed by atoms with Crippen LogP contribution in [0.2, 0.25) is 0 Å². The van der Waals surface area contributed by atoms with E-state index in [0.717, 1.165) is 12.0 Å². The SMILES string of the molecule is NCCc1ccccc1C#CCBr. The maximum absolute atomic E-state index is 5.50. The fourth-order valence-corrected chi connectivity index (χ4v) is 1.28. The lowest BCUT2D eigenvalue weighted by Gasteiger charge is -2.00. The van der Waals surface area contributed by atoms with Gasteiger partial charge in [0.2, 0.25) is 0 Å². The Hall–Kier alpha value is -0.780. The number of alkyl halides is 1. The Morgan fingerprint density at radius 3 is 2.77 bits per heavy atom. The van der Waals surface area contributed by atoms with E-state index in [4.69, 9.17) is 5.73 Å². The molecule has 68 valence electrons. The molecule has 0 aliphatic heterocycles. The van der Waals surface area contributed by atoms with Crippen molar-refractivity contribution in [2.24, 2.45) is 5.73 Å². The van der Waals surface area contributed by atoms with E-state index in [2.05, 4.69) is 33.8 Å². The Kier molecular flexibility index (Phi) is 4.59. The van der Waals surface area contributed by atoms with Crippen LogP contribution in [0.3, 0.4) is 0 Å². The standard InChI is InChI=1S/C11H12BrN/c12-8-3-6-10-4-1-2-5-11(10)7-9-13/h1-2,4-5H,7-9,13H2. The lowest BCUT2D eigenvalue weighted by Crippen LogP contribution is -2.03. The molecule has 1 nitrogen and oxygen atoms in total. The summed E-state index contributed by atoms with van der Waals surface area (Å²) >= 11 is 3.27. The van der Waals surface area contributed by atoms with Gasteiger partial charge in [0.05, 0.1) is 5.33 Å². The summed E-state index contributed by atoms with van der Waals surface area (Å²) in [6.07, 6.45) is 0.896. The Labute approximate surface area is 87.5 Å². The number of hydrogen-bond donors (Lipinski definition) is 1. The van der Waals surface area contributed by atoms with E-state index in [9.17, 15) is 0 Å². The van der Waals surface area contributed by atoms with Crippen molar-refractivity contribution in [3.8, 4) is 11.8 Å². The van der Waals surface area contributed by atoms with Gasteiger partial charge in [-0.2, -0.15) is 0 Å². The highest BCUT2D eigenvalue weighted by Crippen LogP contribution is 2.07. The number of nitrogens with two attached hydrogens (primary N) is 1. The summed E-state index contributed by atoms with van der Waals surface area (Å²) in [6.45, 7) is 0.674. The summed E-state index contributed by atoms with van der Waals surface area (Å²) in [4.78, 5) is 0. The van der Waals surface area contributed by atoms with Crippen LogP contribution in [-0.4, -0.2) is 11.9 Å². The van der Waals surface area contributed by atoms with Gasteiger partial charge < -0.3 is 5.73 Å². The molecular formula is C11H12BrN. The second kappa shape index (κ2) is 5.80. The summed E-state index contributed by atoms with van der Waals surface area (Å²) in [5.41, 5.74) is 7.83. The Balaban J connectivity index is 2.90. The summed E-state index contributed by atoms with van der Waals surface area (Å²) in [6, 6.07) is 8.12. The molecule has 2 N–H and O–H groups in total. The highest BCUT2D eigenvalue weighted by molar-refractivity contribution is 9.09. The van der Waals surface area contributed by atoms with Crippen LogP contribution in [0.25, 0.3) is 0 Å². The Bertz CT molecular complexity index is 322. The second-order valence-electron chi connectivity index (χ2n) is 2.63. The van der Waals surface area contributed by atoms with Gasteiger partial charge in [-0.15, -0.1) is 0 Å². The van der Waals surface area contributed by atoms with E-state index in [1.807, 2.05) is 18.2 Å². The third kappa shape index (κ3) is 3.22. The number of hydrogen-bond acceptors (Lipinski definition) is 1. The molecule has 0 aromatic heterocycles. The summed E-state index contributed by atoms with van der Waals surface area (Å²) in [7, 11) is 0. The third-order valence-corrected chi connectivity index (χ3v) is 2.00. The van der Waals surface area contributed by atoms with Gasteiger partial charge in [0.1, 0.15) is 0 Å². The van der Waals surface area contributed by atoms with Crippen LogP contribution in [0.4, 0.5) is 0 Å². The Morgan fingerprint density at radius 2 is 2.08 bits per heavy atom. The smallest absolute Gasteiger partial charge is 0.0649 e. The lowest BCUT2D eigenvalue weighted by molar-refractivity contribution is 0.965. The van der Waals surface area contributed by atoms with Crippen molar-refractivity contribution >= 4 is 15.9 Å².